The van der Waals surface area contributed by atoms with E-state index in [0.29, 0.717) is 0 Å². The second kappa shape index (κ2) is 6.05. The van der Waals surface area contributed by atoms with E-state index in [1.54, 1.807) is 0 Å². The van der Waals surface area contributed by atoms with Gasteiger partial charge in [-0.2, -0.15) is 0 Å². The molecule has 0 aromatic heterocycles. The van der Waals surface area contributed by atoms with Crippen molar-refractivity contribution >= 4 is 0 Å². The molecule has 0 aromatic carbocycles. The zero-order valence-electron chi connectivity index (χ0n) is 6.35. The molecular formula is C7H17NO. The number of hydrogen-bond donors (Lipinski definition) is 2. The molecule has 2 heteroatoms. The van der Waals surface area contributed by atoms with Gasteiger partial charge in [-0.1, -0.05) is 20.3 Å². The minimum atomic E-state index is 0.246. The fourth-order valence-electron chi connectivity index (χ4n) is 0.572. The molecule has 0 heterocycles. The molecule has 0 aromatic rings. The van der Waals surface area contributed by atoms with Crippen LogP contribution < -0.4 is 5.32 Å². The fourth-order valence-corrected chi connectivity index (χ4v) is 0.572. The highest BCUT2D eigenvalue weighted by Crippen LogP contribution is 1.96. The number of aliphatic hydroxyl groups is 1. The van der Waals surface area contributed by atoms with Gasteiger partial charge in [0.2, 0.25) is 0 Å². The highest BCUT2D eigenvalue weighted by atomic mass is 16.3. The molecule has 2 nitrogen and oxygen atoms in total. The second-order valence-corrected chi connectivity index (χ2v) is 2.44. The Morgan fingerprint density at radius 2 is 2.22 bits per heavy atom. The van der Waals surface area contributed by atoms with Crippen molar-refractivity contribution in [1.82, 2.24) is 5.32 Å². The Morgan fingerprint density at radius 3 is 2.67 bits per heavy atom. The van der Waals surface area contributed by atoms with E-state index >= 15 is 0 Å². The maximum Gasteiger partial charge on any atom is 0.0555 e. The maximum atomic E-state index is 8.39. The van der Waals surface area contributed by atoms with E-state index in [1.165, 1.54) is 6.42 Å². The summed E-state index contributed by atoms with van der Waals surface area (Å²) in [5.74, 6) is 0.733. The summed E-state index contributed by atoms with van der Waals surface area (Å²) < 4.78 is 0. The van der Waals surface area contributed by atoms with Crippen LogP contribution in [0.15, 0.2) is 0 Å². The van der Waals surface area contributed by atoms with Gasteiger partial charge in [-0.25, -0.2) is 0 Å². The molecule has 0 unspecified atom stereocenters. The van der Waals surface area contributed by atoms with E-state index in [-0.39, 0.29) is 6.61 Å². The first-order valence-electron chi connectivity index (χ1n) is 3.62. The zero-order valence-corrected chi connectivity index (χ0v) is 6.35. The summed E-state index contributed by atoms with van der Waals surface area (Å²) in [5.41, 5.74) is 0. The summed E-state index contributed by atoms with van der Waals surface area (Å²) in [6.45, 7) is 6.37. The van der Waals surface area contributed by atoms with Crippen LogP contribution in [0.2, 0.25) is 0 Å². The monoisotopic (exact) mass is 131 g/mol. The fraction of sp³-hybridized carbons (Fsp3) is 1.00. The average Bonchev–Trinajstić information content (AvgIpc) is 1.89. The summed E-state index contributed by atoms with van der Waals surface area (Å²) in [6.07, 6.45) is 1.21. The molecule has 0 spiro atoms. The van der Waals surface area contributed by atoms with Crippen molar-refractivity contribution in [3.63, 3.8) is 0 Å². The Bertz CT molecular complexity index is 56.9. The quantitative estimate of drug-likeness (QED) is 0.536. The van der Waals surface area contributed by atoms with Gasteiger partial charge in [0.15, 0.2) is 0 Å². The van der Waals surface area contributed by atoms with Crippen molar-refractivity contribution in [3.8, 4) is 0 Å². The van der Waals surface area contributed by atoms with E-state index < -0.39 is 0 Å². The molecule has 0 fully saturated rings. The third-order valence-electron chi connectivity index (χ3n) is 1.48. The van der Waals surface area contributed by atoms with Gasteiger partial charge in [0.05, 0.1) is 6.61 Å². The van der Waals surface area contributed by atoms with E-state index in [0.717, 1.165) is 19.0 Å². The van der Waals surface area contributed by atoms with Gasteiger partial charge in [-0.05, 0) is 12.5 Å². The number of rotatable bonds is 5. The standard InChI is InChI=1S/C7H17NO/c1-3-7(2)6-8-4-5-9/h7-9H,3-6H2,1-2H3/t7-/m0/s1. The van der Waals surface area contributed by atoms with Gasteiger partial charge in [0.1, 0.15) is 0 Å². The summed E-state index contributed by atoms with van der Waals surface area (Å²) in [5, 5.41) is 11.5. The second-order valence-electron chi connectivity index (χ2n) is 2.44. The van der Waals surface area contributed by atoms with Gasteiger partial charge in [0, 0.05) is 6.54 Å². The molecule has 56 valence electrons. The number of aliphatic hydroxyl groups excluding tert-OH is 1. The Labute approximate surface area is 57.3 Å². The first-order valence-corrected chi connectivity index (χ1v) is 3.62. The van der Waals surface area contributed by atoms with E-state index in [4.69, 9.17) is 5.11 Å². The van der Waals surface area contributed by atoms with Crippen LogP contribution in [0, 0.1) is 5.92 Å². The lowest BCUT2D eigenvalue weighted by Gasteiger charge is -2.07. The van der Waals surface area contributed by atoms with Crippen molar-refractivity contribution in [1.29, 1.82) is 0 Å². The van der Waals surface area contributed by atoms with Gasteiger partial charge >= 0.3 is 0 Å². The summed E-state index contributed by atoms with van der Waals surface area (Å²) in [6, 6.07) is 0. The van der Waals surface area contributed by atoms with Crippen LogP contribution in [0.5, 0.6) is 0 Å². The predicted octanol–water partition coefficient (Wildman–Crippen LogP) is 0.614. The third-order valence-corrected chi connectivity index (χ3v) is 1.48. The minimum Gasteiger partial charge on any atom is -0.395 e. The van der Waals surface area contributed by atoms with Gasteiger partial charge in [-0.3, -0.25) is 0 Å². The summed E-state index contributed by atoms with van der Waals surface area (Å²) >= 11 is 0. The maximum absolute atomic E-state index is 8.39. The van der Waals surface area contributed by atoms with Gasteiger partial charge in [0.25, 0.3) is 0 Å². The highest BCUT2D eigenvalue weighted by Gasteiger charge is 1.94. The van der Waals surface area contributed by atoms with Crippen molar-refractivity contribution in [3.05, 3.63) is 0 Å². The first kappa shape index (κ1) is 8.92. The highest BCUT2D eigenvalue weighted by molar-refractivity contribution is 4.52. The molecule has 1 atom stereocenters. The SMILES string of the molecule is CC[C@H](C)CNCCO. The van der Waals surface area contributed by atoms with Crippen LogP contribution in [-0.2, 0) is 0 Å². The molecule has 2 N–H and O–H groups in total. The molecule has 9 heavy (non-hydrogen) atoms. The largest absolute Gasteiger partial charge is 0.395 e. The molecule has 0 radical (unpaired) electrons. The average molecular weight is 131 g/mol. The molecule has 0 amide bonds. The minimum absolute atomic E-state index is 0.246. The van der Waals surface area contributed by atoms with Gasteiger partial charge < -0.3 is 10.4 Å². The van der Waals surface area contributed by atoms with Crippen LogP contribution in [0.1, 0.15) is 20.3 Å². The lowest BCUT2D eigenvalue weighted by Crippen LogP contribution is -2.23. The molecule has 0 aliphatic carbocycles. The van der Waals surface area contributed by atoms with Crippen LogP contribution in [-0.4, -0.2) is 24.8 Å². The molecule has 0 rings (SSSR count). The number of nitrogens with one attached hydrogen (secondary N) is 1. The van der Waals surface area contributed by atoms with Crippen molar-refractivity contribution in [2.75, 3.05) is 19.7 Å². The predicted molar refractivity (Wildman–Crippen MR) is 39.4 cm³/mol. The Hall–Kier alpha value is -0.0800. The summed E-state index contributed by atoms with van der Waals surface area (Å²) in [7, 11) is 0. The Kier molecular flexibility index (Phi) is 5.99. The molecule has 0 aliphatic heterocycles. The van der Waals surface area contributed by atoms with Crippen molar-refractivity contribution in [2.45, 2.75) is 20.3 Å². The molecule has 0 bridgehead atoms. The molecule has 0 aliphatic rings. The van der Waals surface area contributed by atoms with Crippen LogP contribution >= 0.6 is 0 Å². The smallest absolute Gasteiger partial charge is 0.0555 e. The topological polar surface area (TPSA) is 32.3 Å². The van der Waals surface area contributed by atoms with Crippen LogP contribution in [0.25, 0.3) is 0 Å². The molecule has 0 saturated heterocycles. The first-order chi connectivity index (χ1) is 4.31. The zero-order chi connectivity index (χ0) is 7.11. The van der Waals surface area contributed by atoms with E-state index in [1.807, 2.05) is 0 Å². The normalized spacial score (nSPS) is 13.7. The van der Waals surface area contributed by atoms with Crippen LogP contribution in [0.4, 0.5) is 0 Å². The molecular weight excluding hydrogens is 114 g/mol. The van der Waals surface area contributed by atoms with Crippen LogP contribution in [0.3, 0.4) is 0 Å². The Morgan fingerprint density at radius 1 is 1.56 bits per heavy atom. The number of hydrogen-bond acceptors (Lipinski definition) is 2. The van der Waals surface area contributed by atoms with E-state index in [9.17, 15) is 0 Å². The lowest BCUT2D eigenvalue weighted by molar-refractivity contribution is 0.288. The van der Waals surface area contributed by atoms with E-state index in [2.05, 4.69) is 19.2 Å². The van der Waals surface area contributed by atoms with Crippen molar-refractivity contribution < 1.29 is 5.11 Å². The molecule has 0 saturated carbocycles. The van der Waals surface area contributed by atoms with Gasteiger partial charge in [-0.15, -0.1) is 0 Å². The van der Waals surface area contributed by atoms with Crippen molar-refractivity contribution in [2.24, 2.45) is 5.92 Å². The lowest BCUT2D eigenvalue weighted by atomic mass is 10.1. The Balaban J connectivity index is 2.88. The summed E-state index contributed by atoms with van der Waals surface area (Å²) in [4.78, 5) is 0. The third kappa shape index (κ3) is 5.80.